The SMILES string of the molecule is [B]C(C)(C)C(C)C1CC(C)C1C. The lowest BCUT2D eigenvalue weighted by Crippen LogP contribution is -2.40. The first kappa shape index (κ1) is 10.1. The molecule has 0 aliphatic heterocycles. The first-order valence-electron chi connectivity index (χ1n) is 5.13. The van der Waals surface area contributed by atoms with Crippen LogP contribution in [0.1, 0.15) is 41.0 Å². The first-order valence-corrected chi connectivity index (χ1v) is 5.13. The zero-order valence-electron chi connectivity index (χ0n) is 9.09. The average molecular weight is 164 g/mol. The second-order valence-electron chi connectivity index (χ2n) is 5.35. The van der Waals surface area contributed by atoms with E-state index in [9.17, 15) is 0 Å². The van der Waals surface area contributed by atoms with Gasteiger partial charge in [0, 0.05) is 0 Å². The molecular weight excluding hydrogens is 143 g/mol. The van der Waals surface area contributed by atoms with E-state index in [0.717, 1.165) is 17.8 Å². The maximum Gasteiger partial charge on any atom is 0.0742 e. The molecule has 0 amide bonds. The molecule has 0 bridgehead atoms. The van der Waals surface area contributed by atoms with Crippen LogP contribution in [0.4, 0.5) is 0 Å². The molecule has 68 valence electrons. The van der Waals surface area contributed by atoms with Gasteiger partial charge < -0.3 is 0 Å². The molecule has 0 spiro atoms. The molecule has 1 aliphatic carbocycles. The lowest BCUT2D eigenvalue weighted by molar-refractivity contribution is 0.0404. The Labute approximate surface area is 78.5 Å². The first-order chi connectivity index (χ1) is 5.34. The van der Waals surface area contributed by atoms with Crippen molar-refractivity contribution in [2.45, 2.75) is 46.4 Å². The van der Waals surface area contributed by atoms with Crippen molar-refractivity contribution >= 4 is 7.85 Å². The van der Waals surface area contributed by atoms with E-state index >= 15 is 0 Å². The van der Waals surface area contributed by atoms with Gasteiger partial charge in [-0.2, -0.15) is 0 Å². The van der Waals surface area contributed by atoms with E-state index in [2.05, 4.69) is 34.6 Å². The van der Waals surface area contributed by atoms with E-state index in [0.29, 0.717) is 5.92 Å². The second kappa shape index (κ2) is 3.08. The minimum atomic E-state index is -0.000926. The van der Waals surface area contributed by atoms with Crippen molar-refractivity contribution in [2.75, 3.05) is 0 Å². The van der Waals surface area contributed by atoms with Crippen LogP contribution in [0.25, 0.3) is 0 Å². The Kier molecular flexibility index (Phi) is 2.61. The van der Waals surface area contributed by atoms with Crippen LogP contribution in [-0.2, 0) is 0 Å². The lowest BCUT2D eigenvalue weighted by atomic mass is 9.52. The second-order valence-corrected chi connectivity index (χ2v) is 5.35. The minimum Gasteiger partial charge on any atom is -0.0688 e. The van der Waals surface area contributed by atoms with E-state index in [4.69, 9.17) is 7.85 Å². The van der Waals surface area contributed by atoms with Crippen molar-refractivity contribution in [1.29, 1.82) is 0 Å². The summed E-state index contributed by atoms with van der Waals surface area (Å²) in [6.45, 7) is 11.3. The maximum atomic E-state index is 6.10. The molecule has 0 aromatic carbocycles. The van der Waals surface area contributed by atoms with Crippen molar-refractivity contribution < 1.29 is 0 Å². The van der Waals surface area contributed by atoms with Crippen LogP contribution in [0.3, 0.4) is 0 Å². The largest absolute Gasteiger partial charge is 0.0742 e. The molecule has 1 saturated carbocycles. The summed E-state index contributed by atoms with van der Waals surface area (Å²) in [5, 5.41) is -0.000926. The van der Waals surface area contributed by atoms with Gasteiger partial charge in [-0.15, -0.1) is 0 Å². The van der Waals surface area contributed by atoms with Crippen LogP contribution in [0.15, 0.2) is 0 Å². The van der Waals surface area contributed by atoms with Gasteiger partial charge in [0.2, 0.25) is 0 Å². The molecule has 4 atom stereocenters. The topological polar surface area (TPSA) is 0 Å². The van der Waals surface area contributed by atoms with Crippen LogP contribution in [0, 0.1) is 23.7 Å². The number of hydrogen-bond acceptors (Lipinski definition) is 0. The van der Waals surface area contributed by atoms with Gasteiger partial charge in [0.1, 0.15) is 0 Å². The van der Waals surface area contributed by atoms with Gasteiger partial charge >= 0.3 is 0 Å². The highest BCUT2D eigenvalue weighted by atomic mass is 14.4. The summed E-state index contributed by atoms with van der Waals surface area (Å²) >= 11 is 0. The Morgan fingerprint density at radius 2 is 1.83 bits per heavy atom. The van der Waals surface area contributed by atoms with Crippen molar-refractivity contribution in [3.8, 4) is 0 Å². The molecule has 0 N–H and O–H groups in total. The van der Waals surface area contributed by atoms with Gasteiger partial charge in [0.05, 0.1) is 7.85 Å². The summed E-state index contributed by atoms with van der Waals surface area (Å²) in [7, 11) is 6.10. The van der Waals surface area contributed by atoms with Gasteiger partial charge in [0.25, 0.3) is 0 Å². The highest BCUT2D eigenvalue weighted by Gasteiger charge is 2.41. The summed E-state index contributed by atoms with van der Waals surface area (Å²) in [4.78, 5) is 0. The average Bonchev–Trinajstić information content (AvgIpc) is 1.96. The van der Waals surface area contributed by atoms with Crippen LogP contribution in [0.5, 0.6) is 0 Å². The zero-order valence-corrected chi connectivity index (χ0v) is 9.09. The van der Waals surface area contributed by atoms with Crippen molar-refractivity contribution in [2.24, 2.45) is 23.7 Å². The summed E-state index contributed by atoms with van der Waals surface area (Å²) in [5.74, 6) is 3.31. The van der Waals surface area contributed by atoms with Crippen molar-refractivity contribution in [3.63, 3.8) is 0 Å². The summed E-state index contributed by atoms with van der Waals surface area (Å²) in [6, 6.07) is 0. The standard InChI is InChI=1S/C11H21B/c1-7-6-10(8(7)2)9(3)11(4,5)12/h7-10H,6H2,1-5H3. The zero-order chi connectivity index (χ0) is 9.52. The molecule has 0 aromatic heterocycles. The molecule has 4 unspecified atom stereocenters. The summed E-state index contributed by atoms with van der Waals surface area (Å²) in [5.41, 5.74) is 0. The third-order valence-electron chi connectivity index (χ3n) is 4.03. The molecule has 0 saturated heterocycles. The highest BCUT2D eigenvalue weighted by Crippen LogP contribution is 2.50. The molecular formula is C11H21B. The third-order valence-corrected chi connectivity index (χ3v) is 4.03. The molecule has 2 radical (unpaired) electrons. The lowest BCUT2D eigenvalue weighted by Gasteiger charge is -2.49. The van der Waals surface area contributed by atoms with E-state index < -0.39 is 0 Å². The Hall–Kier alpha value is 0.0649. The van der Waals surface area contributed by atoms with Gasteiger partial charge in [-0.25, -0.2) is 0 Å². The maximum absolute atomic E-state index is 6.10. The molecule has 0 heterocycles. The fourth-order valence-corrected chi connectivity index (χ4v) is 2.30. The van der Waals surface area contributed by atoms with E-state index in [1.807, 2.05) is 0 Å². The molecule has 1 rings (SSSR count). The Bertz CT molecular complexity index is 157. The molecule has 0 nitrogen and oxygen atoms in total. The Balaban J connectivity index is 2.51. The molecule has 1 aliphatic rings. The van der Waals surface area contributed by atoms with E-state index in [1.165, 1.54) is 6.42 Å². The smallest absolute Gasteiger partial charge is 0.0688 e. The normalized spacial score (nSPS) is 38.9. The quantitative estimate of drug-likeness (QED) is 0.549. The summed E-state index contributed by atoms with van der Waals surface area (Å²) < 4.78 is 0. The molecule has 0 aromatic rings. The predicted molar refractivity (Wildman–Crippen MR) is 55.4 cm³/mol. The van der Waals surface area contributed by atoms with Crippen molar-refractivity contribution in [3.05, 3.63) is 0 Å². The van der Waals surface area contributed by atoms with Crippen LogP contribution >= 0.6 is 0 Å². The highest BCUT2D eigenvalue weighted by molar-refractivity contribution is 6.14. The minimum absolute atomic E-state index is 0.000926. The van der Waals surface area contributed by atoms with E-state index in [-0.39, 0.29) is 5.31 Å². The molecule has 1 heteroatoms. The number of hydrogen-bond donors (Lipinski definition) is 0. The van der Waals surface area contributed by atoms with Gasteiger partial charge in [-0.05, 0) is 30.1 Å². The van der Waals surface area contributed by atoms with Gasteiger partial charge in [-0.1, -0.05) is 39.9 Å². The fraction of sp³-hybridized carbons (Fsp3) is 1.00. The third kappa shape index (κ3) is 1.70. The van der Waals surface area contributed by atoms with E-state index in [1.54, 1.807) is 0 Å². The van der Waals surface area contributed by atoms with Crippen LogP contribution in [-0.4, -0.2) is 7.85 Å². The monoisotopic (exact) mass is 164 g/mol. The van der Waals surface area contributed by atoms with Gasteiger partial charge in [0.15, 0.2) is 0 Å². The Morgan fingerprint density at radius 3 is 2.08 bits per heavy atom. The summed E-state index contributed by atoms with van der Waals surface area (Å²) in [6.07, 6.45) is 1.38. The fourth-order valence-electron chi connectivity index (χ4n) is 2.30. The number of rotatable bonds is 2. The molecule has 12 heavy (non-hydrogen) atoms. The molecule has 1 fully saturated rings. The van der Waals surface area contributed by atoms with Crippen LogP contribution in [0.2, 0.25) is 5.31 Å². The Morgan fingerprint density at radius 1 is 1.33 bits per heavy atom. The van der Waals surface area contributed by atoms with Gasteiger partial charge in [-0.3, -0.25) is 0 Å². The predicted octanol–water partition coefficient (Wildman–Crippen LogP) is 3.28. The van der Waals surface area contributed by atoms with Crippen molar-refractivity contribution in [1.82, 2.24) is 0 Å². The van der Waals surface area contributed by atoms with Crippen LogP contribution < -0.4 is 0 Å².